The molecule has 0 saturated carbocycles. The van der Waals surface area contributed by atoms with Crippen molar-refractivity contribution in [3.8, 4) is 0 Å². The Bertz CT molecular complexity index is 485. The first-order valence-electron chi connectivity index (χ1n) is 6.05. The van der Waals surface area contributed by atoms with Crippen LogP contribution in [-0.2, 0) is 10.0 Å². The maximum atomic E-state index is 12.3. The lowest BCUT2D eigenvalue weighted by Gasteiger charge is -2.18. The largest absolute Gasteiger partial charge is 0.324 e. The summed E-state index contributed by atoms with van der Waals surface area (Å²) in [5.74, 6) is 5.25. The van der Waals surface area contributed by atoms with Gasteiger partial charge in [-0.1, -0.05) is 0 Å². The van der Waals surface area contributed by atoms with E-state index in [1.807, 2.05) is 19.0 Å². The van der Waals surface area contributed by atoms with Crippen molar-refractivity contribution < 1.29 is 8.42 Å². The summed E-state index contributed by atoms with van der Waals surface area (Å²) >= 11 is 0. The first-order chi connectivity index (χ1) is 8.87. The van der Waals surface area contributed by atoms with Gasteiger partial charge in [-0.25, -0.2) is 12.7 Å². The molecular weight excluding hydrogens is 264 g/mol. The zero-order valence-electron chi connectivity index (χ0n) is 11.6. The van der Waals surface area contributed by atoms with Crippen LogP contribution in [0.3, 0.4) is 0 Å². The van der Waals surface area contributed by atoms with Gasteiger partial charge in [0, 0.05) is 19.3 Å². The predicted octanol–water partition coefficient (Wildman–Crippen LogP) is 0.544. The second-order valence-electron chi connectivity index (χ2n) is 4.65. The molecule has 6 nitrogen and oxygen atoms in total. The van der Waals surface area contributed by atoms with Crippen LogP contribution in [0.2, 0.25) is 0 Å². The Morgan fingerprint density at radius 1 is 1.11 bits per heavy atom. The topological polar surface area (TPSA) is 78.7 Å². The molecule has 0 aliphatic rings. The maximum Gasteiger partial charge on any atom is 0.242 e. The van der Waals surface area contributed by atoms with Crippen molar-refractivity contribution in [2.45, 2.75) is 11.3 Å². The molecule has 0 aliphatic heterocycles. The van der Waals surface area contributed by atoms with Gasteiger partial charge in [-0.3, -0.25) is 5.84 Å². The van der Waals surface area contributed by atoms with Gasteiger partial charge in [0.2, 0.25) is 10.0 Å². The molecule has 1 rings (SSSR count). The smallest absolute Gasteiger partial charge is 0.242 e. The first-order valence-corrected chi connectivity index (χ1v) is 7.49. The molecule has 0 fully saturated rings. The van der Waals surface area contributed by atoms with Crippen LogP contribution in [-0.4, -0.2) is 51.9 Å². The third-order valence-electron chi connectivity index (χ3n) is 2.81. The number of nitrogens with two attached hydrogens (primary N) is 1. The van der Waals surface area contributed by atoms with Crippen LogP contribution in [0.15, 0.2) is 29.2 Å². The summed E-state index contributed by atoms with van der Waals surface area (Å²) in [5.41, 5.74) is 3.14. The van der Waals surface area contributed by atoms with E-state index in [-0.39, 0.29) is 4.90 Å². The number of hydrazine groups is 1. The van der Waals surface area contributed by atoms with Gasteiger partial charge in [0.15, 0.2) is 0 Å². The fraction of sp³-hybridized carbons (Fsp3) is 0.500. The average Bonchev–Trinajstić information content (AvgIpc) is 2.38. The molecule has 1 aromatic carbocycles. The van der Waals surface area contributed by atoms with Gasteiger partial charge in [-0.15, -0.1) is 0 Å². The van der Waals surface area contributed by atoms with E-state index < -0.39 is 10.0 Å². The second kappa shape index (κ2) is 6.85. The normalized spacial score (nSPS) is 12.1. The molecule has 0 spiro atoms. The van der Waals surface area contributed by atoms with Crippen molar-refractivity contribution in [1.29, 1.82) is 0 Å². The highest BCUT2D eigenvalue weighted by atomic mass is 32.2. The standard InChI is InChI=1S/C12H22N4O2S/c1-15(2)9-4-10-16(3)19(17,18)12-7-5-11(14-13)6-8-12/h5-8,14H,4,9-10,13H2,1-3H3. The highest BCUT2D eigenvalue weighted by Gasteiger charge is 2.19. The molecule has 0 aliphatic carbocycles. The van der Waals surface area contributed by atoms with Crippen molar-refractivity contribution in [2.24, 2.45) is 5.84 Å². The first kappa shape index (κ1) is 15.9. The molecule has 0 heterocycles. The summed E-state index contributed by atoms with van der Waals surface area (Å²) in [5, 5.41) is 0. The molecule has 108 valence electrons. The van der Waals surface area contributed by atoms with E-state index in [9.17, 15) is 8.42 Å². The third-order valence-corrected chi connectivity index (χ3v) is 4.68. The van der Waals surface area contributed by atoms with E-state index in [0.29, 0.717) is 12.2 Å². The number of rotatable bonds is 7. The number of anilines is 1. The van der Waals surface area contributed by atoms with Gasteiger partial charge in [0.05, 0.1) is 4.90 Å². The van der Waals surface area contributed by atoms with Crippen LogP contribution in [0.5, 0.6) is 0 Å². The Morgan fingerprint density at radius 2 is 1.68 bits per heavy atom. The molecule has 19 heavy (non-hydrogen) atoms. The summed E-state index contributed by atoms with van der Waals surface area (Å²) in [7, 11) is 2.11. The molecule has 1 aromatic rings. The molecule has 7 heteroatoms. The van der Waals surface area contributed by atoms with Crippen LogP contribution in [0.25, 0.3) is 0 Å². The minimum atomic E-state index is -3.42. The molecule has 3 N–H and O–H groups in total. The predicted molar refractivity (Wildman–Crippen MR) is 77.2 cm³/mol. The van der Waals surface area contributed by atoms with Crippen molar-refractivity contribution in [2.75, 3.05) is 39.7 Å². The lowest BCUT2D eigenvalue weighted by atomic mass is 10.3. The van der Waals surface area contributed by atoms with Gasteiger partial charge >= 0.3 is 0 Å². The van der Waals surface area contributed by atoms with Gasteiger partial charge in [0.1, 0.15) is 0 Å². The number of nitrogens with one attached hydrogen (secondary N) is 1. The Morgan fingerprint density at radius 3 is 2.16 bits per heavy atom. The molecule has 0 bridgehead atoms. The summed E-state index contributed by atoms with van der Waals surface area (Å²) in [4.78, 5) is 2.31. The Kier molecular flexibility index (Phi) is 5.74. The Labute approximate surface area is 115 Å². The van der Waals surface area contributed by atoms with Crippen molar-refractivity contribution in [3.05, 3.63) is 24.3 Å². The average molecular weight is 286 g/mol. The Balaban J connectivity index is 2.72. The van der Waals surface area contributed by atoms with Gasteiger partial charge in [0.25, 0.3) is 0 Å². The zero-order chi connectivity index (χ0) is 14.5. The zero-order valence-corrected chi connectivity index (χ0v) is 12.4. The monoisotopic (exact) mass is 286 g/mol. The van der Waals surface area contributed by atoms with E-state index in [0.717, 1.165) is 13.0 Å². The molecule has 0 radical (unpaired) electrons. The minimum Gasteiger partial charge on any atom is -0.324 e. The molecule has 0 atom stereocenters. The molecule has 0 aromatic heterocycles. The minimum absolute atomic E-state index is 0.277. The highest BCUT2D eigenvalue weighted by Crippen LogP contribution is 2.17. The van der Waals surface area contributed by atoms with E-state index in [1.165, 1.54) is 4.31 Å². The second-order valence-corrected chi connectivity index (χ2v) is 6.70. The number of nitrogens with zero attached hydrogens (tertiary/aromatic N) is 2. The fourth-order valence-corrected chi connectivity index (χ4v) is 2.84. The van der Waals surface area contributed by atoms with Crippen LogP contribution < -0.4 is 11.3 Å². The van der Waals surface area contributed by atoms with Crippen molar-refractivity contribution >= 4 is 15.7 Å². The molecule has 0 amide bonds. The van der Waals surface area contributed by atoms with Crippen LogP contribution in [0, 0.1) is 0 Å². The van der Waals surface area contributed by atoms with Crippen LogP contribution in [0.4, 0.5) is 5.69 Å². The fourth-order valence-electron chi connectivity index (χ4n) is 1.63. The van der Waals surface area contributed by atoms with E-state index in [1.54, 1.807) is 31.3 Å². The van der Waals surface area contributed by atoms with Gasteiger partial charge in [-0.2, -0.15) is 0 Å². The lowest BCUT2D eigenvalue weighted by Crippen LogP contribution is -2.29. The highest BCUT2D eigenvalue weighted by molar-refractivity contribution is 7.89. The van der Waals surface area contributed by atoms with E-state index in [2.05, 4.69) is 5.43 Å². The van der Waals surface area contributed by atoms with Crippen molar-refractivity contribution in [3.63, 3.8) is 0 Å². The number of hydrogen-bond donors (Lipinski definition) is 2. The lowest BCUT2D eigenvalue weighted by molar-refractivity contribution is 0.370. The third kappa shape index (κ3) is 4.46. The maximum absolute atomic E-state index is 12.3. The van der Waals surface area contributed by atoms with Gasteiger partial charge < -0.3 is 10.3 Å². The number of benzene rings is 1. The number of hydrogen-bond acceptors (Lipinski definition) is 5. The van der Waals surface area contributed by atoms with Crippen LogP contribution in [0.1, 0.15) is 6.42 Å². The summed E-state index contributed by atoms with van der Waals surface area (Å²) < 4.78 is 25.9. The SMILES string of the molecule is CN(C)CCCN(C)S(=O)(=O)c1ccc(NN)cc1. The summed E-state index contributed by atoms with van der Waals surface area (Å²) in [6, 6.07) is 6.38. The van der Waals surface area contributed by atoms with Crippen LogP contribution >= 0.6 is 0 Å². The summed E-state index contributed by atoms with van der Waals surface area (Å²) in [6.07, 6.45) is 0.797. The van der Waals surface area contributed by atoms with E-state index in [4.69, 9.17) is 5.84 Å². The molecule has 0 saturated heterocycles. The number of sulfonamides is 1. The van der Waals surface area contributed by atoms with E-state index >= 15 is 0 Å². The molecule has 0 unspecified atom stereocenters. The molecular formula is C12H22N4O2S. The van der Waals surface area contributed by atoms with Gasteiger partial charge in [-0.05, 0) is 51.3 Å². The van der Waals surface area contributed by atoms with Crippen molar-refractivity contribution in [1.82, 2.24) is 9.21 Å². The summed E-state index contributed by atoms with van der Waals surface area (Å²) in [6.45, 7) is 1.35. The number of nitrogen functional groups attached to an aromatic ring is 1. The quantitative estimate of drug-likeness (QED) is 0.565. The Hall–Kier alpha value is -1.15.